The van der Waals surface area contributed by atoms with Crippen LogP contribution in [-0.2, 0) is 6.54 Å². The molecule has 0 amide bonds. The van der Waals surface area contributed by atoms with Crippen LogP contribution < -0.4 is 5.32 Å². The van der Waals surface area contributed by atoms with Crippen LogP contribution in [0, 0.1) is 0 Å². The molecule has 1 aromatic carbocycles. The van der Waals surface area contributed by atoms with E-state index >= 15 is 0 Å². The van der Waals surface area contributed by atoms with Crippen LogP contribution in [0.4, 0.5) is 0 Å². The zero-order valence-electron chi connectivity index (χ0n) is 10.2. The van der Waals surface area contributed by atoms with Gasteiger partial charge in [0.2, 0.25) is 0 Å². The standard InChI is InChI=1S/C13H14BrClN2S/c1-8(2)16-6-10-7-17-13(18-10)9-3-4-11(14)12(15)5-9/h3-5,7-8,16H,6H2,1-2H3. The van der Waals surface area contributed by atoms with Crippen LogP contribution in [0.15, 0.2) is 28.9 Å². The van der Waals surface area contributed by atoms with E-state index in [1.54, 1.807) is 11.3 Å². The van der Waals surface area contributed by atoms with Gasteiger partial charge in [0, 0.05) is 33.7 Å². The summed E-state index contributed by atoms with van der Waals surface area (Å²) < 4.78 is 0.908. The Labute approximate surface area is 125 Å². The molecule has 2 nitrogen and oxygen atoms in total. The van der Waals surface area contributed by atoms with Gasteiger partial charge in [-0.3, -0.25) is 0 Å². The number of aromatic nitrogens is 1. The Hall–Kier alpha value is -0.420. The fourth-order valence-electron chi connectivity index (χ4n) is 1.46. The third-order valence-corrected chi connectivity index (χ3v) is 4.68. The summed E-state index contributed by atoms with van der Waals surface area (Å²) in [6.45, 7) is 5.13. The molecule has 1 aromatic heterocycles. The molecule has 0 saturated heterocycles. The average molecular weight is 346 g/mol. The molecule has 0 aliphatic rings. The first kappa shape index (κ1) is 14.0. The largest absolute Gasteiger partial charge is 0.310 e. The number of benzene rings is 1. The lowest BCUT2D eigenvalue weighted by molar-refractivity contribution is 0.593. The molecule has 2 rings (SSSR count). The monoisotopic (exact) mass is 344 g/mol. The Morgan fingerprint density at radius 1 is 1.44 bits per heavy atom. The van der Waals surface area contributed by atoms with E-state index < -0.39 is 0 Å². The predicted molar refractivity (Wildman–Crippen MR) is 82.2 cm³/mol. The molecular formula is C13H14BrClN2S. The number of nitrogens with one attached hydrogen (secondary N) is 1. The molecule has 0 aliphatic carbocycles. The van der Waals surface area contributed by atoms with Gasteiger partial charge in [-0.15, -0.1) is 11.3 Å². The molecule has 0 aliphatic heterocycles. The molecular weight excluding hydrogens is 332 g/mol. The van der Waals surface area contributed by atoms with E-state index in [4.69, 9.17) is 11.6 Å². The smallest absolute Gasteiger partial charge is 0.123 e. The number of hydrogen-bond donors (Lipinski definition) is 1. The van der Waals surface area contributed by atoms with Crippen LogP contribution in [0.3, 0.4) is 0 Å². The Bertz CT molecular complexity index is 540. The third kappa shape index (κ3) is 3.54. The number of thiazole rings is 1. The molecule has 0 bridgehead atoms. The summed E-state index contributed by atoms with van der Waals surface area (Å²) in [6, 6.07) is 6.39. The Morgan fingerprint density at radius 3 is 2.89 bits per heavy atom. The second-order valence-corrected chi connectivity index (χ2v) is 6.67. The third-order valence-electron chi connectivity index (χ3n) is 2.40. The minimum absolute atomic E-state index is 0.484. The second kappa shape index (κ2) is 6.15. The molecule has 0 unspecified atom stereocenters. The first-order chi connectivity index (χ1) is 8.56. The maximum atomic E-state index is 6.09. The highest BCUT2D eigenvalue weighted by molar-refractivity contribution is 9.10. The van der Waals surface area contributed by atoms with Crippen molar-refractivity contribution in [3.05, 3.63) is 38.8 Å². The molecule has 96 valence electrons. The molecule has 0 radical (unpaired) electrons. The van der Waals surface area contributed by atoms with Gasteiger partial charge in [0.15, 0.2) is 0 Å². The zero-order valence-corrected chi connectivity index (χ0v) is 13.4. The van der Waals surface area contributed by atoms with Crippen molar-refractivity contribution in [2.75, 3.05) is 0 Å². The van der Waals surface area contributed by atoms with Crippen molar-refractivity contribution in [1.29, 1.82) is 0 Å². The number of rotatable bonds is 4. The van der Waals surface area contributed by atoms with E-state index in [1.807, 2.05) is 24.4 Å². The first-order valence-electron chi connectivity index (χ1n) is 5.70. The average Bonchev–Trinajstić information content (AvgIpc) is 2.79. The van der Waals surface area contributed by atoms with Gasteiger partial charge in [-0.2, -0.15) is 0 Å². The molecule has 1 N–H and O–H groups in total. The van der Waals surface area contributed by atoms with E-state index in [2.05, 4.69) is 40.1 Å². The van der Waals surface area contributed by atoms with E-state index in [-0.39, 0.29) is 0 Å². The summed E-state index contributed by atoms with van der Waals surface area (Å²) in [5.41, 5.74) is 1.06. The SMILES string of the molecule is CC(C)NCc1cnc(-c2ccc(Br)c(Cl)c2)s1. The summed E-state index contributed by atoms with van der Waals surface area (Å²) in [5.74, 6) is 0. The lowest BCUT2D eigenvalue weighted by Crippen LogP contribution is -2.21. The van der Waals surface area contributed by atoms with Crippen molar-refractivity contribution in [3.63, 3.8) is 0 Å². The summed E-state index contributed by atoms with van der Waals surface area (Å²) in [6.07, 6.45) is 1.92. The van der Waals surface area contributed by atoms with Gasteiger partial charge in [0.25, 0.3) is 0 Å². The topological polar surface area (TPSA) is 24.9 Å². The van der Waals surface area contributed by atoms with Crippen LogP contribution in [0.1, 0.15) is 18.7 Å². The van der Waals surface area contributed by atoms with Gasteiger partial charge in [-0.1, -0.05) is 31.5 Å². The van der Waals surface area contributed by atoms with Gasteiger partial charge in [0.1, 0.15) is 5.01 Å². The lowest BCUT2D eigenvalue weighted by Gasteiger charge is -2.04. The van der Waals surface area contributed by atoms with Crippen LogP contribution in [0.25, 0.3) is 10.6 Å². The fourth-order valence-corrected chi connectivity index (χ4v) is 2.74. The van der Waals surface area contributed by atoms with Crippen molar-refractivity contribution in [1.82, 2.24) is 10.3 Å². The van der Waals surface area contributed by atoms with E-state index in [0.717, 1.165) is 21.6 Å². The minimum atomic E-state index is 0.484. The quantitative estimate of drug-likeness (QED) is 0.867. The Balaban J connectivity index is 2.16. The normalized spacial score (nSPS) is 11.2. The van der Waals surface area contributed by atoms with Crippen LogP contribution in [0.2, 0.25) is 5.02 Å². The van der Waals surface area contributed by atoms with Gasteiger partial charge < -0.3 is 5.32 Å². The van der Waals surface area contributed by atoms with E-state index in [0.29, 0.717) is 11.1 Å². The number of halogens is 2. The summed E-state index contributed by atoms with van der Waals surface area (Å²) in [7, 11) is 0. The lowest BCUT2D eigenvalue weighted by atomic mass is 10.2. The van der Waals surface area contributed by atoms with Gasteiger partial charge in [-0.25, -0.2) is 4.98 Å². The van der Waals surface area contributed by atoms with Crippen molar-refractivity contribution in [2.24, 2.45) is 0 Å². The van der Waals surface area contributed by atoms with E-state index in [9.17, 15) is 0 Å². The van der Waals surface area contributed by atoms with Crippen LogP contribution in [0.5, 0.6) is 0 Å². The second-order valence-electron chi connectivity index (χ2n) is 4.30. The molecule has 18 heavy (non-hydrogen) atoms. The van der Waals surface area contributed by atoms with Gasteiger partial charge >= 0.3 is 0 Å². The summed E-state index contributed by atoms with van der Waals surface area (Å²) >= 11 is 11.2. The maximum Gasteiger partial charge on any atom is 0.123 e. The van der Waals surface area contributed by atoms with Crippen molar-refractivity contribution in [3.8, 4) is 10.6 Å². The fraction of sp³-hybridized carbons (Fsp3) is 0.308. The minimum Gasteiger partial charge on any atom is -0.310 e. The molecule has 2 aromatic rings. The highest BCUT2D eigenvalue weighted by atomic mass is 79.9. The summed E-state index contributed by atoms with van der Waals surface area (Å²) in [4.78, 5) is 5.67. The molecule has 0 atom stereocenters. The molecule has 5 heteroatoms. The number of nitrogens with zero attached hydrogens (tertiary/aromatic N) is 1. The zero-order chi connectivity index (χ0) is 13.1. The van der Waals surface area contributed by atoms with Gasteiger partial charge in [0.05, 0.1) is 5.02 Å². The maximum absolute atomic E-state index is 6.09. The van der Waals surface area contributed by atoms with Crippen LogP contribution in [-0.4, -0.2) is 11.0 Å². The number of hydrogen-bond acceptors (Lipinski definition) is 3. The van der Waals surface area contributed by atoms with Gasteiger partial charge in [-0.05, 0) is 28.1 Å². The molecule has 0 fully saturated rings. The van der Waals surface area contributed by atoms with Crippen molar-refractivity contribution in [2.45, 2.75) is 26.4 Å². The highest BCUT2D eigenvalue weighted by Crippen LogP contribution is 2.31. The Kier molecular flexibility index (Phi) is 4.78. The predicted octanol–water partition coefficient (Wildman–Crippen LogP) is 4.72. The molecule has 0 saturated carbocycles. The van der Waals surface area contributed by atoms with E-state index in [1.165, 1.54) is 4.88 Å². The highest BCUT2D eigenvalue weighted by Gasteiger charge is 2.07. The van der Waals surface area contributed by atoms with Crippen molar-refractivity contribution < 1.29 is 0 Å². The van der Waals surface area contributed by atoms with Crippen molar-refractivity contribution >= 4 is 38.9 Å². The first-order valence-corrected chi connectivity index (χ1v) is 7.68. The van der Waals surface area contributed by atoms with Crippen LogP contribution >= 0.6 is 38.9 Å². The molecule has 1 heterocycles. The molecule has 0 spiro atoms. The Morgan fingerprint density at radius 2 is 2.22 bits per heavy atom. The summed E-state index contributed by atoms with van der Waals surface area (Å²) in [5, 5.41) is 5.10.